The molecule has 0 aliphatic carbocycles. The lowest BCUT2D eigenvalue weighted by molar-refractivity contribution is 0.445. The van der Waals surface area contributed by atoms with E-state index in [0.717, 1.165) is 16.8 Å². The fourth-order valence-corrected chi connectivity index (χ4v) is 3.27. The molecule has 2 heterocycles. The predicted octanol–water partition coefficient (Wildman–Crippen LogP) is 3.59. The highest BCUT2D eigenvalue weighted by Crippen LogP contribution is 2.37. The van der Waals surface area contributed by atoms with Crippen molar-refractivity contribution >= 4 is 11.8 Å². The highest BCUT2D eigenvalue weighted by atomic mass is 32.2. The van der Waals surface area contributed by atoms with Gasteiger partial charge in [0.25, 0.3) is 0 Å². The van der Waals surface area contributed by atoms with Gasteiger partial charge in [-0.1, -0.05) is 6.92 Å². The first kappa shape index (κ1) is 9.20. The van der Waals surface area contributed by atoms with Crippen molar-refractivity contribution in [1.82, 2.24) is 0 Å². The van der Waals surface area contributed by atoms with Crippen LogP contribution in [0.4, 0.5) is 0 Å². The van der Waals surface area contributed by atoms with E-state index in [0.29, 0.717) is 5.92 Å². The maximum Gasteiger partial charge on any atom is 0.108 e. The molecule has 0 radical (unpaired) electrons. The lowest BCUT2D eigenvalue weighted by Gasteiger charge is -2.15. The summed E-state index contributed by atoms with van der Waals surface area (Å²) < 4.78 is 5.64. The van der Waals surface area contributed by atoms with Crippen molar-refractivity contribution in [3.63, 3.8) is 0 Å². The van der Waals surface area contributed by atoms with E-state index >= 15 is 0 Å². The van der Waals surface area contributed by atoms with Crippen LogP contribution in [0.1, 0.15) is 37.2 Å². The van der Waals surface area contributed by atoms with E-state index in [-0.39, 0.29) is 0 Å². The Bertz CT molecular complexity index is 273. The molecular weight excluding hydrogens is 180 g/mol. The zero-order chi connectivity index (χ0) is 9.26. The molecule has 0 saturated carbocycles. The summed E-state index contributed by atoms with van der Waals surface area (Å²) in [7, 11) is 0. The summed E-state index contributed by atoms with van der Waals surface area (Å²) in [5, 5.41) is 0.783. The van der Waals surface area contributed by atoms with Gasteiger partial charge in [-0.05, 0) is 37.7 Å². The summed E-state index contributed by atoms with van der Waals surface area (Å²) in [5.74, 6) is 4.11. The molecule has 72 valence electrons. The zero-order valence-corrected chi connectivity index (χ0v) is 9.06. The van der Waals surface area contributed by atoms with Crippen molar-refractivity contribution in [2.45, 2.75) is 37.9 Å². The van der Waals surface area contributed by atoms with Gasteiger partial charge in [-0.15, -0.1) is 0 Å². The van der Waals surface area contributed by atoms with Crippen LogP contribution in [0.2, 0.25) is 0 Å². The molecule has 0 N–H and O–H groups in total. The van der Waals surface area contributed by atoms with Gasteiger partial charge in [0, 0.05) is 11.2 Å². The Hall–Kier alpha value is -0.370. The first-order valence-corrected chi connectivity index (χ1v) is 6.00. The van der Waals surface area contributed by atoms with E-state index in [1.54, 1.807) is 0 Å². The quantitative estimate of drug-likeness (QED) is 0.717. The smallest absolute Gasteiger partial charge is 0.108 e. The van der Waals surface area contributed by atoms with Gasteiger partial charge in [0.15, 0.2) is 0 Å². The minimum Gasteiger partial charge on any atom is -0.466 e. The van der Waals surface area contributed by atoms with E-state index in [2.05, 4.69) is 30.8 Å². The Kier molecular flexibility index (Phi) is 2.68. The fraction of sp³-hybridized carbons (Fsp3) is 0.636. The van der Waals surface area contributed by atoms with Crippen LogP contribution >= 0.6 is 11.8 Å². The second-order valence-corrected chi connectivity index (χ2v) is 5.14. The monoisotopic (exact) mass is 196 g/mol. The number of aryl methyl sites for hydroxylation is 1. The lowest BCUT2D eigenvalue weighted by atomic mass is 10.0. The van der Waals surface area contributed by atoms with Gasteiger partial charge in [0.2, 0.25) is 0 Å². The van der Waals surface area contributed by atoms with Gasteiger partial charge >= 0.3 is 0 Å². The molecule has 1 fully saturated rings. The van der Waals surface area contributed by atoms with Gasteiger partial charge in [-0.2, -0.15) is 11.8 Å². The molecule has 0 amide bonds. The lowest BCUT2D eigenvalue weighted by Crippen LogP contribution is -2.07. The van der Waals surface area contributed by atoms with Crippen LogP contribution in [0.5, 0.6) is 0 Å². The Labute approximate surface area is 83.9 Å². The van der Waals surface area contributed by atoms with Gasteiger partial charge < -0.3 is 4.42 Å². The van der Waals surface area contributed by atoms with Crippen molar-refractivity contribution in [3.05, 3.63) is 23.7 Å². The van der Waals surface area contributed by atoms with Crippen LogP contribution in [-0.2, 0) is 0 Å². The molecule has 1 unspecified atom stereocenters. The fourth-order valence-electron chi connectivity index (χ4n) is 1.88. The molecule has 2 rings (SSSR count). The average Bonchev–Trinajstić information content (AvgIpc) is 2.72. The van der Waals surface area contributed by atoms with Crippen LogP contribution in [0.25, 0.3) is 0 Å². The molecule has 1 aliphatic heterocycles. The van der Waals surface area contributed by atoms with E-state index in [1.165, 1.54) is 18.6 Å². The van der Waals surface area contributed by atoms with Crippen molar-refractivity contribution < 1.29 is 4.42 Å². The van der Waals surface area contributed by atoms with Gasteiger partial charge in [0.1, 0.15) is 11.5 Å². The molecule has 2 heteroatoms. The van der Waals surface area contributed by atoms with E-state index in [1.807, 2.05) is 6.92 Å². The molecule has 1 saturated heterocycles. The Morgan fingerprint density at radius 3 is 2.92 bits per heavy atom. The Morgan fingerprint density at radius 1 is 1.54 bits per heavy atom. The molecule has 1 nitrogen and oxygen atoms in total. The molecule has 0 aromatic carbocycles. The maximum atomic E-state index is 5.64. The first-order valence-electron chi connectivity index (χ1n) is 4.95. The average molecular weight is 196 g/mol. The standard InChI is InChI=1S/C11H16OS/c1-8-5-6-10(12-8)9(2)11-4-3-7-13-11/h5-6,9,11H,3-4,7H2,1-2H3/t9?,11-/m1/s1. The highest BCUT2D eigenvalue weighted by molar-refractivity contribution is 8.00. The largest absolute Gasteiger partial charge is 0.466 e. The second-order valence-electron chi connectivity index (χ2n) is 3.79. The Balaban J connectivity index is 2.07. The summed E-state index contributed by atoms with van der Waals surface area (Å²) in [6.07, 6.45) is 2.73. The number of furan rings is 1. The topological polar surface area (TPSA) is 13.1 Å². The van der Waals surface area contributed by atoms with Crippen LogP contribution in [0.3, 0.4) is 0 Å². The number of hydrogen-bond donors (Lipinski definition) is 0. The molecular formula is C11H16OS. The second kappa shape index (κ2) is 3.79. The third kappa shape index (κ3) is 1.93. The van der Waals surface area contributed by atoms with Crippen LogP contribution in [0, 0.1) is 6.92 Å². The van der Waals surface area contributed by atoms with Crippen molar-refractivity contribution in [2.24, 2.45) is 0 Å². The van der Waals surface area contributed by atoms with Crippen molar-refractivity contribution in [1.29, 1.82) is 0 Å². The van der Waals surface area contributed by atoms with Crippen LogP contribution < -0.4 is 0 Å². The predicted molar refractivity (Wildman–Crippen MR) is 57.3 cm³/mol. The highest BCUT2D eigenvalue weighted by Gasteiger charge is 2.25. The summed E-state index contributed by atoms with van der Waals surface area (Å²) in [6.45, 7) is 4.29. The summed E-state index contributed by atoms with van der Waals surface area (Å²) in [4.78, 5) is 0. The van der Waals surface area contributed by atoms with Crippen LogP contribution in [-0.4, -0.2) is 11.0 Å². The molecule has 1 aromatic rings. The molecule has 0 spiro atoms. The molecule has 1 aliphatic rings. The van der Waals surface area contributed by atoms with E-state index in [4.69, 9.17) is 4.42 Å². The summed E-state index contributed by atoms with van der Waals surface area (Å²) in [5.41, 5.74) is 0. The maximum absolute atomic E-state index is 5.64. The van der Waals surface area contributed by atoms with Gasteiger partial charge in [-0.25, -0.2) is 0 Å². The third-order valence-electron chi connectivity index (χ3n) is 2.73. The van der Waals surface area contributed by atoms with E-state index in [9.17, 15) is 0 Å². The van der Waals surface area contributed by atoms with E-state index < -0.39 is 0 Å². The molecule has 1 aromatic heterocycles. The summed E-state index contributed by atoms with van der Waals surface area (Å²) in [6, 6.07) is 4.18. The van der Waals surface area contributed by atoms with Crippen LogP contribution in [0.15, 0.2) is 16.5 Å². The minimum atomic E-state index is 0.584. The van der Waals surface area contributed by atoms with Gasteiger partial charge in [0.05, 0.1) is 0 Å². The normalized spacial score (nSPS) is 24.9. The first-order chi connectivity index (χ1) is 6.27. The zero-order valence-electron chi connectivity index (χ0n) is 8.25. The van der Waals surface area contributed by atoms with Gasteiger partial charge in [-0.3, -0.25) is 0 Å². The molecule has 0 bridgehead atoms. The number of hydrogen-bond acceptors (Lipinski definition) is 2. The Morgan fingerprint density at radius 2 is 2.38 bits per heavy atom. The summed E-state index contributed by atoms with van der Waals surface area (Å²) >= 11 is 2.09. The van der Waals surface area contributed by atoms with Crippen molar-refractivity contribution in [3.8, 4) is 0 Å². The SMILES string of the molecule is Cc1ccc(C(C)[C@H]2CCCS2)o1. The number of thioether (sulfide) groups is 1. The third-order valence-corrected chi connectivity index (χ3v) is 4.33. The minimum absolute atomic E-state index is 0.584. The number of rotatable bonds is 2. The molecule has 13 heavy (non-hydrogen) atoms. The molecule has 2 atom stereocenters. The van der Waals surface area contributed by atoms with Crippen molar-refractivity contribution in [2.75, 3.05) is 5.75 Å².